The Morgan fingerprint density at radius 2 is 2.21 bits per heavy atom. The number of halogens is 1. The van der Waals surface area contributed by atoms with E-state index in [2.05, 4.69) is 5.32 Å². The molecule has 1 aliphatic rings. The minimum Gasteiger partial charge on any atom is -0.481 e. The predicted molar refractivity (Wildman–Crippen MR) is 74.6 cm³/mol. The van der Waals surface area contributed by atoms with Crippen LogP contribution in [-0.4, -0.2) is 22.5 Å². The molecule has 19 heavy (non-hydrogen) atoms. The van der Waals surface area contributed by atoms with E-state index in [9.17, 15) is 9.59 Å². The van der Waals surface area contributed by atoms with Crippen LogP contribution >= 0.6 is 22.9 Å². The molecule has 1 heterocycles. The molecule has 1 aliphatic carbocycles. The van der Waals surface area contributed by atoms with Gasteiger partial charge in [0.05, 0.1) is 17.0 Å². The van der Waals surface area contributed by atoms with Crippen LogP contribution in [-0.2, 0) is 16.0 Å². The molecule has 2 N–H and O–H groups in total. The Labute approximate surface area is 120 Å². The molecule has 0 saturated heterocycles. The van der Waals surface area contributed by atoms with Crippen molar-refractivity contribution in [3.8, 4) is 0 Å². The molecule has 1 aromatic heterocycles. The molecule has 0 spiro atoms. The van der Waals surface area contributed by atoms with Crippen LogP contribution in [0.3, 0.4) is 0 Å². The fourth-order valence-corrected chi connectivity index (χ4v) is 3.40. The average molecular weight is 302 g/mol. The van der Waals surface area contributed by atoms with Crippen molar-refractivity contribution in [2.24, 2.45) is 0 Å². The van der Waals surface area contributed by atoms with Gasteiger partial charge in [0.15, 0.2) is 0 Å². The lowest BCUT2D eigenvalue weighted by Gasteiger charge is -2.41. The largest absolute Gasteiger partial charge is 0.481 e. The maximum absolute atomic E-state index is 11.9. The second-order valence-electron chi connectivity index (χ2n) is 4.98. The fourth-order valence-electron chi connectivity index (χ4n) is 2.32. The van der Waals surface area contributed by atoms with E-state index in [1.807, 2.05) is 11.4 Å². The summed E-state index contributed by atoms with van der Waals surface area (Å²) < 4.78 is 0. The van der Waals surface area contributed by atoms with Gasteiger partial charge in [0, 0.05) is 16.7 Å². The number of carbonyl (C=O) groups excluding carboxylic acids is 1. The normalized spacial score (nSPS) is 16.7. The number of aryl methyl sites for hydroxylation is 1. The van der Waals surface area contributed by atoms with Gasteiger partial charge in [0.2, 0.25) is 5.91 Å². The molecule has 4 nitrogen and oxygen atoms in total. The Morgan fingerprint density at radius 3 is 2.68 bits per heavy atom. The van der Waals surface area contributed by atoms with Gasteiger partial charge in [-0.3, -0.25) is 9.59 Å². The second kappa shape index (κ2) is 5.92. The third-order valence-corrected chi connectivity index (χ3v) is 4.77. The van der Waals surface area contributed by atoms with E-state index in [0.717, 1.165) is 24.1 Å². The molecule has 1 amide bonds. The van der Waals surface area contributed by atoms with Crippen molar-refractivity contribution < 1.29 is 14.7 Å². The Hall–Kier alpha value is -1.07. The highest BCUT2D eigenvalue weighted by atomic mass is 35.5. The van der Waals surface area contributed by atoms with Crippen molar-refractivity contribution in [1.82, 2.24) is 5.32 Å². The molecular weight excluding hydrogens is 286 g/mol. The molecule has 1 fully saturated rings. The minimum absolute atomic E-state index is 0.0174. The smallest absolute Gasteiger partial charge is 0.305 e. The van der Waals surface area contributed by atoms with Crippen molar-refractivity contribution in [2.45, 2.75) is 44.1 Å². The predicted octanol–water partition coefficient (Wildman–Crippen LogP) is 2.85. The van der Waals surface area contributed by atoms with Crippen LogP contribution in [0.15, 0.2) is 11.4 Å². The van der Waals surface area contributed by atoms with Gasteiger partial charge in [-0.05, 0) is 31.7 Å². The van der Waals surface area contributed by atoms with Gasteiger partial charge in [0.25, 0.3) is 0 Å². The Balaban J connectivity index is 1.81. The first-order chi connectivity index (χ1) is 8.99. The molecular formula is C13H16ClNO3S. The number of carboxylic acid groups (broad SMARTS) is 1. The molecule has 0 bridgehead atoms. The highest BCUT2D eigenvalue weighted by molar-refractivity contribution is 7.10. The van der Waals surface area contributed by atoms with E-state index >= 15 is 0 Å². The van der Waals surface area contributed by atoms with E-state index < -0.39 is 11.5 Å². The zero-order valence-electron chi connectivity index (χ0n) is 10.4. The molecule has 0 aliphatic heterocycles. The van der Waals surface area contributed by atoms with Crippen LogP contribution in [0.2, 0.25) is 5.02 Å². The number of nitrogens with one attached hydrogen (secondary N) is 1. The zero-order valence-corrected chi connectivity index (χ0v) is 12.0. The third kappa shape index (κ3) is 3.94. The van der Waals surface area contributed by atoms with E-state index in [4.69, 9.17) is 16.7 Å². The maximum Gasteiger partial charge on any atom is 0.305 e. The molecule has 0 atom stereocenters. The Kier molecular flexibility index (Phi) is 4.47. The van der Waals surface area contributed by atoms with Crippen molar-refractivity contribution >= 4 is 34.8 Å². The molecule has 0 aromatic carbocycles. The fraction of sp³-hybridized carbons (Fsp3) is 0.538. The number of hydrogen-bond donors (Lipinski definition) is 2. The summed E-state index contributed by atoms with van der Waals surface area (Å²) >= 11 is 7.35. The van der Waals surface area contributed by atoms with Crippen LogP contribution in [0.25, 0.3) is 0 Å². The third-order valence-electron chi connectivity index (χ3n) is 3.43. The number of hydrogen-bond acceptors (Lipinski definition) is 3. The van der Waals surface area contributed by atoms with Crippen molar-refractivity contribution in [3.63, 3.8) is 0 Å². The van der Waals surface area contributed by atoms with Gasteiger partial charge >= 0.3 is 5.97 Å². The van der Waals surface area contributed by atoms with Crippen LogP contribution in [0.1, 0.15) is 37.0 Å². The Bertz CT molecular complexity index is 482. The standard InChI is InChI=1S/C13H16ClNO3S/c14-9-6-10(19-8-9)2-3-11(16)15-13(4-1-5-13)7-12(17)18/h6,8H,1-5,7H2,(H,15,16)(H,17,18). The van der Waals surface area contributed by atoms with Crippen molar-refractivity contribution in [3.05, 3.63) is 21.3 Å². The number of amides is 1. The summed E-state index contributed by atoms with van der Waals surface area (Å²) in [4.78, 5) is 23.8. The highest BCUT2D eigenvalue weighted by Gasteiger charge is 2.40. The topological polar surface area (TPSA) is 66.4 Å². The lowest BCUT2D eigenvalue weighted by molar-refractivity contribution is -0.140. The van der Waals surface area contributed by atoms with E-state index in [1.165, 1.54) is 11.3 Å². The highest BCUT2D eigenvalue weighted by Crippen LogP contribution is 2.35. The van der Waals surface area contributed by atoms with Gasteiger partial charge in [-0.1, -0.05) is 11.6 Å². The number of thiophene rings is 1. The van der Waals surface area contributed by atoms with Crippen LogP contribution in [0.5, 0.6) is 0 Å². The van der Waals surface area contributed by atoms with Crippen molar-refractivity contribution in [2.75, 3.05) is 0 Å². The van der Waals surface area contributed by atoms with Crippen LogP contribution in [0.4, 0.5) is 0 Å². The number of carbonyl (C=O) groups is 2. The minimum atomic E-state index is -0.856. The Morgan fingerprint density at radius 1 is 1.47 bits per heavy atom. The first-order valence-corrected chi connectivity index (χ1v) is 7.51. The number of carboxylic acids is 1. The summed E-state index contributed by atoms with van der Waals surface area (Å²) in [6.45, 7) is 0. The number of aliphatic carboxylic acids is 1. The molecule has 2 rings (SSSR count). The van der Waals surface area contributed by atoms with Crippen LogP contribution in [0, 0.1) is 0 Å². The average Bonchev–Trinajstić information content (AvgIpc) is 2.69. The molecule has 1 saturated carbocycles. The first kappa shape index (κ1) is 14.3. The lowest BCUT2D eigenvalue weighted by atomic mass is 9.74. The van der Waals surface area contributed by atoms with Gasteiger partial charge < -0.3 is 10.4 Å². The van der Waals surface area contributed by atoms with E-state index in [1.54, 1.807) is 0 Å². The van der Waals surface area contributed by atoms with E-state index in [-0.39, 0.29) is 12.3 Å². The summed E-state index contributed by atoms with van der Waals surface area (Å²) in [5, 5.41) is 14.3. The van der Waals surface area contributed by atoms with Crippen LogP contribution < -0.4 is 5.32 Å². The van der Waals surface area contributed by atoms with E-state index in [0.29, 0.717) is 17.9 Å². The monoisotopic (exact) mass is 301 g/mol. The lowest BCUT2D eigenvalue weighted by Crippen LogP contribution is -2.54. The molecule has 6 heteroatoms. The SMILES string of the molecule is O=C(O)CC1(NC(=O)CCc2cc(Cl)cs2)CCC1. The summed E-state index contributed by atoms with van der Waals surface area (Å²) in [7, 11) is 0. The van der Waals surface area contributed by atoms with Gasteiger partial charge in [-0.25, -0.2) is 0 Å². The van der Waals surface area contributed by atoms with Gasteiger partial charge in [-0.2, -0.15) is 0 Å². The van der Waals surface area contributed by atoms with Crippen molar-refractivity contribution in [1.29, 1.82) is 0 Å². The molecule has 1 aromatic rings. The zero-order chi connectivity index (χ0) is 13.9. The maximum atomic E-state index is 11.9. The van der Waals surface area contributed by atoms with Gasteiger partial charge in [0.1, 0.15) is 0 Å². The molecule has 104 valence electrons. The molecule has 0 unspecified atom stereocenters. The first-order valence-electron chi connectivity index (χ1n) is 6.25. The quantitative estimate of drug-likeness (QED) is 0.849. The summed E-state index contributed by atoms with van der Waals surface area (Å²) in [6, 6.07) is 1.86. The number of rotatable bonds is 6. The van der Waals surface area contributed by atoms with Gasteiger partial charge in [-0.15, -0.1) is 11.3 Å². The molecule has 0 radical (unpaired) electrons. The summed E-state index contributed by atoms with van der Waals surface area (Å²) in [5.41, 5.74) is -0.504. The second-order valence-corrected chi connectivity index (χ2v) is 6.42. The summed E-state index contributed by atoms with van der Waals surface area (Å²) in [6.07, 6.45) is 3.54. The summed E-state index contributed by atoms with van der Waals surface area (Å²) in [5.74, 6) is -0.935.